The molecule has 9 nitrogen and oxygen atoms in total. The van der Waals surface area contributed by atoms with Gasteiger partial charge in [-0.1, -0.05) is 46.3 Å². The Kier molecular flexibility index (Phi) is 9.34. The van der Waals surface area contributed by atoms with E-state index >= 15 is 0 Å². The number of benzene rings is 3. The molecule has 1 fully saturated rings. The number of para-hydroxylation sites is 2. The number of sulfonamides is 2. The fourth-order valence-electron chi connectivity index (χ4n) is 4.71. The van der Waals surface area contributed by atoms with Gasteiger partial charge < -0.3 is 14.5 Å². The van der Waals surface area contributed by atoms with Gasteiger partial charge in [-0.25, -0.2) is 26.5 Å². The van der Waals surface area contributed by atoms with Crippen LogP contribution in [-0.2, 0) is 37.4 Å². The van der Waals surface area contributed by atoms with Gasteiger partial charge in [-0.3, -0.25) is 0 Å². The maximum Gasteiger partial charge on any atom is 1.00 e. The van der Waals surface area contributed by atoms with Crippen molar-refractivity contribution in [3.05, 3.63) is 97.9 Å². The second-order valence-electron chi connectivity index (χ2n) is 9.54. The third-order valence-electron chi connectivity index (χ3n) is 6.66. The van der Waals surface area contributed by atoms with Crippen LogP contribution in [0.5, 0.6) is 0 Å². The van der Waals surface area contributed by atoms with Crippen molar-refractivity contribution in [3.8, 4) is 0 Å². The molecule has 16 heteroatoms. The Labute approximate surface area is 270 Å². The summed E-state index contributed by atoms with van der Waals surface area (Å²) in [6, 6.07) is 13.4. The number of hydrogen-bond acceptors (Lipinski definition) is 6. The zero-order chi connectivity index (χ0) is 29.7. The summed E-state index contributed by atoms with van der Waals surface area (Å²) in [4.78, 5) is 18.6. The Bertz CT molecular complexity index is 1870. The molecule has 5 rings (SSSR count). The number of halogens is 4. The Morgan fingerprint density at radius 1 is 1.14 bits per heavy atom. The molecule has 0 radical (unpaired) electrons. The summed E-state index contributed by atoms with van der Waals surface area (Å²) in [5.41, 5.74) is 1.58. The normalized spacial score (nSPS) is 17.5. The second-order valence-corrected chi connectivity index (χ2v) is 13.9. The van der Waals surface area contributed by atoms with E-state index in [9.17, 15) is 34.8 Å². The number of amides is 1. The zero-order valence-electron chi connectivity index (χ0n) is 22.1. The molecule has 2 heterocycles. The fourth-order valence-corrected chi connectivity index (χ4v) is 7.84. The second kappa shape index (κ2) is 12.0. The molecule has 2 N–H and O–H groups in total. The van der Waals surface area contributed by atoms with Gasteiger partial charge in [-0.05, 0) is 60.4 Å². The summed E-state index contributed by atoms with van der Waals surface area (Å²) in [6.07, 6.45) is -5.03. The van der Waals surface area contributed by atoms with E-state index in [1.807, 2.05) is 0 Å². The summed E-state index contributed by atoms with van der Waals surface area (Å²) < 4.78 is 97.2. The summed E-state index contributed by atoms with van der Waals surface area (Å²) in [5, 5.41) is -1.10. The van der Waals surface area contributed by atoms with Crippen LogP contribution in [0.4, 0.5) is 13.2 Å². The molecule has 1 aliphatic heterocycles. The molecule has 4 aromatic rings. The maximum absolute atomic E-state index is 13.5. The Morgan fingerprint density at radius 3 is 2.48 bits per heavy atom. The van der Waals surface area contributed by atoms with Crippen molar-refractivity contribution >= 4 is 52.9 Å². The summed E-state index contributed by atoms with van der Waals surface area (Å²) in [6.45, 7) is 1.66. The van der Waals surface area contributed by atoms with E-state index in [0.717, 1.165) is 12.1 Å². The van der Waals surface area contributed by atoms with E-state index in [1.165, 1.54) is 0 Å². The quantitative estimate of drug-likeness (QED) is 0.286. The zero-order valence-corrected chi connectivity index (χ0v) is 27.3. The fraction of sp³-hybridized carbons (Fsp3) is 0.231. The number of alkyl halides is 3. The molecule has 0 unspecified atom stereocenters. The smallest absolute Gasteiger partial charge is 0.545 e. The number of aromatic nitrogens is 2. The van der Waals surface area contributed by atoms with Crippen LogP contribution in [0.2, 0.25) is 0 Å². The van der Waals surface area contributed by atoms with Gasteiger partial charge in [0.1, 0.15) is 15.8 Å². The van der Waals surface area contributed by atoms with Crippen LogP contribution in [0, 0.1) is 6.92 Å². The predicted octanol–water partition coefficient (Wildman–Crippen LogP) is 2.59. The van der Waals surface area contributed by atoms with E-state index in [2.05, 4.69) is 35.3 Å². The van der Waals surface area contributed by atoms with Crippen LogP contribution in [0.15, 0.2) is 70.0 Å². The number of carbonyl (C=O) groups excluding carboxylic acids is 1. The van der Waals surface area contributed by atoms with Gasteiger partial charge in [0.05, 0.1) is 38.7 Å². The number of imidazole rings is 1. The Balaban J connectivity index is 0.00000405. The van der Waals surface area contributed by atoms with Gasteiger partial charge in [0, 0.05) is 10.9 Å². The Morgan fingerprint density at radius 2 is 1.86 bits per heavy atom. The van der Waals surface area contributed by atoms with Crippen molar-refractivity contribution in [2.24, 2.45) is 0 Å². The largest absolute Gasteiger partial charge is 1.00 e. The van der Waals surface area contributed by atoms with E-state index in [1.54, 1.807) is 49.4 Å². The molecular formula is C26H21BrF3N4NaO5S2. The first kappa shape index (κ1) is 32.6. The standard InChI is InChI=1S/C26H22BrF3N4O5S2.Na/c1-14-10-15(6-8-17(14)23-13-24(35)34-41(23,38)39)11-22(25-31-20-4-2-3-5-21(20)32-25)33-40(36,37)16-7-9-19(27)18(12-16)26(28,29)30;/h2-10,12,22-23,33H,11,13H2,1H3,(H2,31,32,34,35);/q;+1/p-1/t22-,23-;/m0./s1. The van der Waals surface area contributed by atoms with Gasteiger partial charge in [0.2, 0.25) is 10.0 Å². The van der Waals surface area contributed by atoms with E-state index < -0.39 is 53.9 Å². The molecule has 1 aromatic heterocycles. The number of H-pyrrole nitrogens is 1. The molecular weight excluding hydrogens is 672 g/mol. The Hall–Kier alpha value is -2.27. The summed E-state index contributed by atoms with van der Waals surface area (Å²) in [7, 11) is -8.47. The third-order valence-corrected chi connectivity index (χ3v) is 10.4. The third kappa shape index (κ3) is 6.77. The first-order valence-corrected chi connectivity index (χ1v) is 15.8. The summed E-state index contributed by atoms with van der Waals surface area (Å²) in [5.74, 6) is -0.494. The van der Waals surface area contributed by atoms with Gasteiger partial charge in [0.15, 0.2) is 0 Å². The SMILES string of the molecule is Cc1cc(C[C@H](NS(=O)(=O)c2ccc(Br)c(C(F)(F)F)c2)c2nc3ccccc3[nH]2)ccc1[C@@H]1CC(=O)[N-]S1(=O)=O.[Na+]. The average molecular weight is 693 g/mol. The van der Waals surface area contributed by atoms with Crippen LogP contribution < -0.4 is 34.3 Å². The minimum Gasteiger partial charge on any atom is -0.545 e. The van der Waals surface area contributed by atoms with E-state index in [-0.39, 0.29) is 52.7 Å². The molecule has 3 aromatic carbocycles. The van der Waals surface area contributed by atoms with Gasteiger partial charge in [-0.15, -0.1) is 0 Å². The molecule has 2 atom stereocenters. The predicted molar refractivity (Wildman–Crippen MR) is 148 cm³/mol. The number of carbonyl (C=O) groups is 1. The molecule has 0 spiro atoms. The molecule has 216 valence electrons. The first-order valence-electron chi connectivity index (χ1n) is 12.1. The summed E-state index contributed by atoms with van der Waals surface area (Å²) >= 11 is 2.82. The topological polar surface area (TPSA) is 140 Å². The molecule has 42 heavy (non-hydrogen) atoms. The molecule has 0 saturated carbocycles. The average Bonchev–Trinajstić information content (AvgIpc) is 3.42. The monoisotopic (exact) mass is 692 g/mol. The van der Waals surface area contributed by atoms with Crippen molar-refractivity contribution in [2.75, 3.05) is 0 Å². The van der Waals surface area contributed by atoms with Crippen LogP contribution in [0.1, 0.15) is 45.8 Å². The number of aryl methyl sites for hydroxylation is 1. The van der Waals surface area contributed by atoms with Crippen molar-refractivity contribution in [2.45, 2.75) is 42.1 Å². The van der Waals surface area contributed by atoms with Crippen molar-refractivity contribution in [1.29, 1.82) is 0 Å². The number of nitrogens with zero attached hydrogens (tertiary/aromatic N) is 2. The van der Waals surface area contributed by atoms with Crippen molar-refractivity contribution in [1.82, 2.24) is 14.7 Å². The van der Waals surface area contributed by atoms with Gasteiger partial charge in [-0.2, -0.15) is 13.2 Å². The van der Waals surface area contributed by atoms with Crippen LogP contribution in [-0.4, -0.2) is 32.7 Å². The molecule has 1 aliphatic rings. The number of aromatic amines is 1. The van der Waals surface area contributed by atoms with Crippen LogP contribution >= 0.6 is 15.9 Å². The van der Waals surface area contributed by atoms with Gasteiger partial charge >= 0.3 is 35.7 Å². The molecule has 1 amide bonds. The minimum absolute atomic E-state index is 0. The number of hydrogen-bond donors (Lipinski definition) is 2. The molecule has 1 saturated heterocycles. The molecule has 0 bridgehead atoms. The number of nitrogens with one attached hydrogen (secondary N) is 2. The first-order chi connectivity index (χ1) is 19.1. The number of fused-ring (bicyclic) bond motifs is 1. The minimum atomic E-state index is -4.79. The van der Waals surface area contributed by atoms with Gasteiger partial charge in [0.25, 0.3) is 0 Å². The van der Waals surface area contributed by atoms with Crippen LogP contribution in [0.25, 0.3) is 15.8 Å². The van der Waals surface area contributed by atoms with E-state index in [0.29, 0.717) is 33.8 Å². The van der Waals surface area contributed by atoms with E-state index in [4.69, 9.17) is 0 Å². The van der Waals surface area contributed by atoms with Crippen molar-refractivity contribution in [3.63, 3.8) is 0 Å². The molecule has 0 aliphatic carbocycles. The van der Waals surface area contributed by atoms with Crippen LogP contribution in [0.3, 0.4) is 0 Å². The number of rotatable bonds is 7. The van der Waals surface area contributed by atoms with Crippen molar-refractivity contribution < 1.29 is 64.4 Å². The maximum atomic E-state index is 13.5.